The zero-order valence-electron chi connectivity index (χ0n) is 8.61. The smallest absolute Gasteiger partial charge is 0.106 e. The van der Waals surface area contributed by atoms with Crippen LogP contribution in [0, 0.1) is 11.3 Å². The molecule has 0 aliphatic rings. The topological polar surface area (TPSA) is 27.0 Å². The van der Waals surface area contributed by atoms with Gasteiger partial charge in [0.1, 0.15) is 6.07 Å². The SMILES string of the molecule is CC(C)S/C(C#N)=C\C=C\N(C)C. The highest BCUT2D eigenvalue weighted by Crippen LogP contribution is 2.19. The largest absolute Gasteiger partial charge is 0.383 e. The van der Waals surface area contributed by atoms with Crippen LogP contribution in [0.15, 0.2) is 23.3 Å². The van der Waals surface area contributed by atoms with Crippen LogP contribution in [0.4, 0.5) is 0 Å². The summed E-state index contributed by atoms with van der Waals surface area (Å²) in [5.74, 6) is 0. The van der Waals surface area contributed by atoms with Crippen LogP contribution in [0.3, 0.4) is 0 Å². The van der Waals surface area contributed by atoms with Gasteiger partial charge in [-0.3, -0.25) is 0 Å². The second-order valence-electron chi connectivity index (χ2n) is 3.11. The van der Waals surface area contributed by atoms with Crippen LogP contribution in [0.1, 0.15) is 13.8 Å². The lowest BCUT2D eigenvalue weighted by molar-refractivity contribution is 0.564. The van der Waals surface area contributed by atoms with Gasteiger partial charge in [0.25, 0.3) is 0 Å². The maximum Gasteiger partial charge on any atom is 0.106 e. The van der Waals surface area contributed by atoms with E-state index in [1.54, 1.807) is 11.8 Å². The van der Waals surface area contributed by atoms with Gasteiger partial charge in [-0.15, -0.1) is 11.8 Å². The summed E-state index contributed by atoms with van der Waals surface area (Å²) >= 11 is 1.58. The summed E-state index contributed by atoms with van der Waals surface area (Å²) in [7, 11) is 3.90. The molecule has 0 aromatic carbocycles. The van der Waals surface area contributed by atoms with E-state index in [4.69, 9.17) is 5.26 Å². The molecule has 3 heteroatoms. The fraction of sp³-hybridized carbons (Fsp3) is 0.500. The average Bonchev–Trinajstić information content (AvgIpc) is 2.01. The molecule has 0 unspecified atom stereocenters. The van der Waals surface area contributed by atoms with Crippen molar-refractivity contribution in [2.45, 2.75) is 19.1 Å². The lowest BCUT2D eigenvalue weighted by Crippen LogP contribution is -1.99. The zero-order chi connectivity index (χ0) is 10.3. The fourth-order valence-corrected chi connectivity index (χ4v) is 1.38. The summed E-state index contributed by atoms with van der Waals surface area (Å²) in [6.45, 7) is 4.15. The molecule has 0 saturated heterocycles. The van der Waals surface area contributed by atoms with Gasteiger partial charge >= 0.3 is 0 Å². The standard InChI is InChI=1S/C10H16N2S/c1-9(2)13-10(8-11)6-5-7-12(3)4/h5-7,9H,1-4H3/b7-5+,10-6-. The molecular weight excluding hydrogens is 180 g/mol. The molecule has 72 valence electrons. The Balaban J connectivity index is 4.17. The Bertz CT molecular complexity index is 234. The molecular formula is C10H16N2S. The van der Waals surface area contributed by atoms with Gasteiger partial charge in [-0.05, 0) is 18.4 Å². The number of thioether (sulfide) groups is 1. The molecule has 0 heterocycles. The Morgan fingerprint density at radius 3 is 2.46 bits per heavy atom. The van der Waals surface area contributed by atoms with Crippen molar-refractivity contribution >= 4 is 11.8 Å². The monoisotopic (exact) mass is 196 g/mol. The molecule has 0 spiro atoms. The summed E-state index contributed by atoms with van der Waals surface area (Å²) in [4.78, 5) is 2.69. The molecule has 0 rings (SSSR count). The molecule has 0 amide bonds. The highest BCUT2D eigenvalue weighted by Gasteiger charge is 1.98. The van der Waals surface area contributed by atoms with Gasteiger partial charge in [-0.25, -0.2) is 0 Å². The molecule has 0 radical (unpaired) electrons. The van der Waals surface area contributed by atoms with E-state index in [2.05, 4.69) is 19.9 Å². The van der Waals surface area contributed by atoms with Crippen LogP contribution >= 0.6 is 11.8 Å². The summed E-state index contributed by atoms with van der Waals surface area (Å²) in [5, 5.41) is 9.21. The molecule has 13 heavy (non-hydrogen) atoms. The minimum Gasteiger partial charge on any atom is -0.383 e. The molecule has 0 bridgehead atoms. The summed E-state index contributed by atoms with van der Waals surface area (Å²) in [6.07, 6.45) is 5.64. The summed E-state index contributed by atoms with van der Waals surface area (Å²) in [6, 6.07) is 2.16. The first-order chi connectivity index (χ1) is 6.06. The third-order valence-corrected chi connectivity index (χ3v) is 2.06. The second kappa shape index (κ2) is 6.62. The molecule has 0 N–H and O–H groups in total. The van der Waals surface area contributed by atoms with Crippen LogP contribution in [0.2, 0.25) is 0 Å². The van der Waals surface area contributed by atoms with E-state index in [9.17, 15) is 0 Å². The Labute approximate surface area is 84.9 Å². The Hall–Kier alpha value is -0.880. The van der Waals surface area contributed by atoms with E-state index in [-0.39, 0.29) is 0 Å². The van der Waals surface area contributed by atoms with Crippen LogP contribution in [0.5, 0.6) is 0 Å². The van der Waals surface area contributed by atoms with Crippen LogP contribution in [0.25, 0.3) is 0 Å². The van der Waals surface area contributed by atoms with Crippen LogP contribution in [-0.4, -0.2) is 24.2 Å². The lowest BCUT2D eigenvalue weighted by atomic mass is 10.5. The minimum atomic E-state index is 0.457. The Kier molecular flexibility index (Phi) is 6.17. The van der Waals surface area contributed by atoms with Crippen LogP contribution in [-0.2, 0) is 0 Å². The highest BCUT2D eigenvalue weighted by molar-refractivity contribution is 8.03. The van der Waals surface area contributed by atoms with E-state index in [1.165, 1.54) is 0 Å². The van der Waals surface area contributed by atoms with Gasteiger partial charge in [-0.1, -0.05) is 13.8 Å². The van der Waals surface area contributed by atoms with E-state index in [0.29, 0.717) is 5.25 Å². The molecule has 0 aromatic heterocycles. The summed E-state index contributed by atoms with van der Waals surface area (Å²) in [5.41, 5.74) is 0. The van der Waals surface area contributed by atoms with E-state index in [0.717, 1.165) is 4.91 Å². The number of hydrogen-bond donors (Lipinski definition) is 0. The van der Waals surface area contributed by atoms with Crippen molar-refractivity contribution in [2.75, 3.05) is 14.1 Å². The molecule has 2 nitrogen and oxygen atoms in total. The van der Waals surface area contributed by atoms with Crippen molar-refractivity contribution in [2.24, 2.45) is 0 Å². The first-order valence-corrected chi connectivity index (χ1v) is 5.06. The van der Waals surface area contributed by atoms with Crippen molar-refractivity contribution in [3.05, 3.63) is 23.3 Å². The zero-order valence-corrected chi connectivity index (χ0v) is 9.43. The molecule has 0 fully saturated rings. The summed E-state index contributed by atoms with van der Waals surface area (Å²) < 4.78 is 0. The molecule has 0 aliphatic carbocycles. The van der Waals surface area contributed by atoms with Gasteiger partial charge in [0.15, 0.2) is 0 Å². The van der Waals surface area contributed by atoms with Gasteiger partial charge in [0.2, 0.25) is 0 Å². The normalized spacial score (nSPS) is 12.2. The second-order valence-corrected chi connectivity index (χ2v) is 4.73. The quantitative estimate of drug-likeness (QED) is 0.511. The Morgan fingerprint density at radius 1 is 1.46 bits per heavy atom. The first-order valence-electron chi connectivity index (χ1n) is 4.18. The van der Waals surface area contributed by atoms with E-state index >= 15 is 0 Å². The number of allylic oxidation sites excluding steroid dienone is 3. The molecule has 0 aliphatic heterocycles. The molecule has 0 aromatic rings. The maximum absolute atomic E-state index is 8.75. The van der Waals surface area contributed by atoms with E-state index in [1.807, 2.05) is 37.3 Å². The van der Waals surface area contributed by atoms with Crippen molar-refractivity contribution in [3.63, 3.8) is 0 Å². The van der Waals surface area contributed by atoms with E-state index < -0.39 is 0 Å². The van der Waals surface area contributed by atoms with Crippen molar-refractivity contribution in [1.82, 2.24) is 4.90 Å². The number of rotatable bonds is 4. The fourth-order valence-electron chi connectivity index (χ4n) is 0.659. The third-order valence-electron chi connectivity index (χ3n) is 1.10. The van der Waals surface area contributed by atoms with Crippen molar-refractivity contribution in [1.29, 1.82) is 5.26 Å². The minimum absolute atomic E-state index is 0.457. The van der Waals surface area contributed by atoms with Gasteiger partial charge in [-0.2, -0.15) is 5.26 Å². The lowest BCUT2D eigenvalue weighted by Gasteiger charge is -2.02. The van der Waals surface area contributed by atoms with Crippen molar-refractivity contribution < 1.29 is 0 Å². The van der Waals surface area contributed by atoms with Gasteiger partial charge in [0.05, 0.1) is 4.91 Å². The predicted octanol–water partition coefficient (Wildman–Crippen LogP) is 2.61. The van der Waals surface area contributed by atoms with Gasteiger partial charge < -0.3 is 4.90 Å². The number of nitrogens with zero attached hydrogens (tertiary/aromatic N) is 2. The van der Waals surface area contributed by atoms with Crippen molar-refractivity contribution in [3.8, 4) is 6.07 Å². The average molecular weight is 196 g/mol. The Morgan fingerprint density at radius 2 is 2.08 bits per heavy atom. The number of nitriles is 1. The maximum atomic E-state index is 8.75. The highest BCUT2D eigenvalue weighted by atomic mass is 32.2. The van der Waals surface area contributed by atoms with Crippen LogP contribution < -0.4 is 0 Å². The number of hydrogen-bond acceptors (Lipinski definition) is 3. The molecule has 0 atom stereocenters. The van der Waals surface area contributed by atoms with Gasteiger partial charge in [0, 0.05) is 19.3 Å². The molecule has 0 saturated carbocycles. The predicted molar refractivity (Wildman–Crippen MR) is 59.3 cm³/mol. The first kappa shape index (κ1) is 12.1. The third kappa shape index (κ3) is 7.48.